The summed E-state index contributed by atoms with van der Waals surface area (Å²) in [7, 11) is -3.35. The molecule has 0 saturated carbocycles. The van der Waals surface area contributed by atoms with Crippen molar-refractivity contribution in [2.45, 2.75) is 33.2 Å². The van der Waals surface area contributed by atoms with Gasteiger partial charge in [-0.15, -0.1) is 0 Å². The van der Waals surface area contributed by atoms with E-state index in [1.807, 2.05) is 0 Å². The van der Waals surface area contributed by atoms with Gasteiger partial charge in [0.05, 0.1) is 6.26 Å². The largest absolute Gasteiger partial charge is 0.326 e. The molecule has 1 aromatic rings. The van der Waals surface area contributed by atoms with Crippen molar-refractivity contribution in [3.05, 3.63) is 24.3 Å². The zero-order valence-corrected chi connectivity index (χ0v) is 14.6. The predicted octanol–water partition coefficient (Wildman–Crippen LogP) is 1.64. The topological polar surface area (TPSA) is 95.6 Å². The van der Waals surface area contributed by atoms with Crippen LogP contribution in [0.25, 0.3) is 0 Å². The van der Waals surface area contributed by atoms with Crippen molar-refractivity contribution < 1.29 is 18.0 Å². The van der Waals surface area contributed by atoms with Crippen LogP contribution in [0.15, 0.2) is 24.3 Å². The van der Waals surface area contributed by atoms with Crippen molar-refractivity contribution >= 4 is 33.2 Å². The third kappa shape index (κ3) is 6.79. The summed E-state index contributed by atoms with van der Waals surface area (Å²) < 4.78 is 24.6. The Labute approximate surface area is 137 Å². The van der Waals surface area contributed by atoms with Crippen molar-refractivity contribution in [2.24, 2.45) is 0 Å². The first-order valence-electron chi connectivity index (χ1n) is 7.24. The van der Waals surface area contributed by atoms with Crippen molar-refractivity contribution in [1.29, 1.82) is 0 Å². The second-order valence-electron chi connectivity index (χ2n) is 5.53. The normalized spacial score (nSPS) is 11.6. The molecule has 2 amide bonds. The first-order chi connectivity index (χ1) is 10.6. The summed E-state index contributed by atoms with van der Waals surface area (Å²) in [5.74, 6) is -0.492. The molecular formula is C15H23N3O4S. The molecule has 0 bridgehead atoms. The smallest absolute Gasteiger partial charge is 0.225 e. The average molecular weight is 341 g/mol. The molecule has 0 heterocycles. The lowest BCUT2D eigenvalue weighted by atomic mass is 10.2. The quantitative estimate of drug-likeness (QED) is 0.788. The number of hydrogen-bond acceptors (Lipinski definition) is 4. The molecule has 0 spiro atoms. The number of carbonyl (C=O) groups excluding carboxylic acids is 2. The van der Waals surface area contributed by atoms with E-state index in [1.165, 1.54) is 11.2 Å². The zero-order chi connectivity index (χ0) is 17.6. The summed E-state index contributed by atoms with van der Waals surface area (Å²) in [4.78, 5) is 23.0. The van der Waals surface area contributed by atoms with Gasteiger partial charge in [-0.05, 0) is 32.0 Å². The number of benzene rings is 1. The molecule has 128 valence electrons. The lowest BCUT2D eigenvalue weighted by Crippen LogP contribution is -2.38. The predicted molar refractivity (Wildman–Crippen MR) is 90.7 cm³/mol. The Morgan fingerprint density at radius 1 is 1.17 bits per heavy atom. The highest BCUT2D eigenvalue weighted by atomic mass is 32.2. The lowest BCUT2D eigenvalue weighted by Gasteiger charge is -2.23. The number of anilines is 2. The number of amides is 2. The van der Waals surface area contributed by atoms with Crippen LogP contribution < -0.4 is 10.6 Å². The lowest BCUT2D eigenvalue weighted by molar-refractivity contribution is -0.116. The van der Waals surface area contributed by atoms with Gasteiger partial charge in [0, 0.05) is 37.3 Å². The van der Waals surface area contributed by atoms with E-state index in [2.05, 4.69) is 10.6 Å². The van der Waals surface area contributed by atoms with Gasteiger partial charge >= 0.3 is 0 Å². The third-order valence-electron chi connectivity index (χ3n) is 3.03. The Hall–Kier alpha value is -1.93. The molecule has 23 heavy (non-hydrogen) atoms. The van der Waals surface area contributed by atoms with Crippen molar-refractivity contribution in [3.8, 4) is 0 Å². The van der Waals surface area contributed by atoms with Gasteiger partial charge in [0.1, 0.15) is 0 Å². The minimum Gasteiger partial charge on any atom is -0.326 e. The fourth-order valence-corrected chi connectivity index (χ4v) is 3.31. The molecule has 0 radical (unpaired) electrons. The fourth-order valence-electron chi connectivity index (χ4n) is 2.12. The van der Waals surface area contributed by atoms with Gasteiger partial charge in [0.15, 0.2) is 0 Å². The van der Waals surface area contributed by atoms with Crippen molar-refractivity contribution in [2.75, 3.05) is 23.4 Å². The fraction of sp³-hybridized carbons (Fsp3) is 0.467. The Morgan fingerprint density at radius 2 is 1.74 bits per heavy atom. The molecule has 0 aliphatic heterocycles. The van der Waals surface area contributed by atoms with Crippen molar-refractivity contribution in [1.82, 2.24) is 4.31 Å². The highest BCUT2D eigenvalue weighted by molar-refractivity contribution is 7.88. The summed E-state index contributed by atoms with van der Waals surface area (Å²) in [6, 6.07) is 6.54. The van der Waals surface area contributed by atoms with Gasteiger partial charge in [0.2, 0.25) is 21.8 Å². The zero-order valence-electron chi connectivity index (χ0n) is 13.8. The third-order valence-corrected chi connectivity index (χ3v) is 4.48. The maximum Gasteiger partial charge on any atom is 0.225 e. The van der Waals surface area contributed by atoms with Crippen LogP contribution in [0, 0.1) is 0 Å². The molecule has 0 aliphatic carbocycles. The Kier molecular flexibility index (Phi) is 6.71. The summed E-state index contributed by atoms with van der Waals surface area (Å²) in [5.41, 5.74) is 1.12. The maximum absolute atomic E-state index is 12.0. The van der Waals surface area contributed by atoms with Crippen LogP contribution in [0.3, 0.4) is 0 Å². The number of sulfonamides is 1. The van der Waals surface area contributed by atoms with Gasteiger partial charge in [0.25, 0.3) is 0 Å². The van der Waals surface area contributed by atoms with Crippen LogP contribution in [0.2, 0.25) is 0 Å². The van der Waals surface area contributed by atoms with Gasteiger partial charge in [-0.1, -0.05) is 6.07 Å². The van der Waals surface area contributed by atoms with E-state index in [4.69, 9.17) is 0 Å². The van der Waals surface area contributed by atoms with E-state index in [0.29, 0.717) is 11.4 Å². The van der Waals surface area contributed by atoms with E-state index < -0.39 is 10.0 Å². The minimum absolute atomic E-state index is 0.0512. The summed E-state index contributed by atoms with van der Waals surface area (Å²) in [6.07, 6.45) is 1.18. The van der Waals surface area contributed by atoms with Gasteiger partial charge in [-0.2, -0.15) is 4.31 Å². The first-order valence-corrected chi connectivity index (χ1v) is 9.08. The highest BCUT2D eigenvalue weighted by Gasteiger charge is 2.20. The molecule has 0 atom stereocenters. The molecule has 1 aromatic carbocycles. The van der Waals surface area contributed by atoms with E-state index in [1.54, 1.807) is 38.1 Å². The maximum atomic E-state index is 12.0. The Balaban J connectivity index is 2.65. The van der Waals surface area contributed by atoms with E-state index >= 15 is 0 Å². The average Bonchev–Trinajstić information content (AvgIpc) is 2.36. The molecule has 0 saturated heterocycles. The van der Waals surface area contributed by atoms with E-state index in [-0.39, 0.29) is 30.8 Å². The minimum atomic E-state index is -3.35. The molecule has 8 heteroatoms. The summed E-state index contributed by atoms with van der Waals surface area (Å²) >= 11 is 0. The van der Waals surface area contributed by atoms with Crippen LogP contribution in [-0.2, 0) is 19.6 Å². The first kappa shape index (κ1) is 19.1. The van der Waals surface area contributed by atoms with Crippen LogP contribution in [-0.4, -0.2) is 43.4 Å². The molecule has 7 nitrogen and oxygen atoms in total. The van der Waals surface area contributed by atoms with Gasteiger partial charge < -0.3 is 10.6 Å². The summed E-state index contributed by atoms with van der Waals surface area (Å²) in [5, 5.41) is 5.32. The number of nitrogens with zero attached hydrogens (tertiary/aromatic N) is 1. The van der Waals surface area contributed by atoms with Crippen LogP contribution >= 0.6 is 0 Å². The summed E-state index contributed by atoms with van der Waals surface area (Å²) in [6.45, 7) is 5.04. The van der Waals surface area contributed by atoms with Crippen LogP contribution in [0.1, 0.15) is 27.2 Å². The standard InChI is InChI=1S/C15H23N3O4S/c1-11(2)18(23(4,21)22)9-8-15(20)17-14-7-5-6-13(10-14)16-12(3)19/h5-7,10-11H,8-9H2,1-4H3,(H,16,19)(H,17,20). The second kappa shape index (κ2) is 8.07. The highest BCUT2D eigenvalue weighted by Crippen LogP contribution is 2.15. The molecule has 1 rings (SSSR count). The number of rotatable bonds is 7. The number of carbonyl (C=O) groups is 2. The Morgan fingerprint density at radius 3 is 2.22 bits per heavy atom. The van der Waals surface area contributed by atoms with Gasteiger partial charge in [-0.3, -0.25) is 9.59 Å². The molecular weight excluding hydrogens is 318 g/mol. The van der Waals surface area contributed by atoms with Gasteiger partial charge in [-0.25, -0.2) is 8.42 Å². The van der Waals surface area contributed by atoms with E-state index in [0.717, 1.165) is 6.26 Å². The number of nitrogens with one attached hydrogen (secondary N) is 2. The van der Waals surface area contributed by atoms with E-state index in [9.17, 15) is 18.0 Å². The SMILES string of the molecule is CC(=O)Nc1cccc(NC(=O)CCN(C(C)C)S(C)(=O)=O)c1. The van der Waals surface area contributed by atoms with Crippen LogP contribution in [0.5, 0.6) is 0 Å². The van der Waals surface area contributed by atoms with Crippen LogP contribution in [0.4, 0.5) is 11.4 Å². The second-order valence-corrected chi connectivity index (χ2v) is 7.46. The molecule has 2 N–H and O–H groups in total. The number of hydrogen-bond donors (Lipinski definition) is 2. The monoisotopic (exact) mass is 341 g/mol. The molecule has 0 aliphatic rings. The molecule has 0 unspecified atom stereocenters. The van der Waals surface area contributed by atoms with Crippen molar-refractivity contribution in [3.63, 3.8) is 0 Å². The molecule has 0 fully saturated rings. The Bertz CT molecular complexity index is 671. The molecule has 0 aromatic heterocycles.